The summed E-state index contributed by atoms with van der Waals surface area (Å²) in [4.78, 5) is 39.6. The van der Waals surface area contributed by atoms with Crippen molar-refractivity contribution >= 4 is 112 Å². The van der Waals surface area contributed by atoms with Gasteiger partial charge in [0.15, 0.2) is 0 Å². The van der Waals surface area contributed by atoms with E-state index in [2.05, 4.69) is 204 Å². The predicted octanol–water partition coefficient (Wildman–Crippen LogP) is 17.9. The molecule has 0 unspecified atom stereocenters. The fraction of sp³-hybridized carbons (Fsp3) is 0. The van der Waals surface area contributed by atoms with Crippen LogP contribution >= 0.6 is 11.7 Å². The highest BCUT2D eigenvalue weighted by molar-refractivity contribution is 7.00. The van der Waals surface area contributed by atoms with E-state index in [1.807, 2.05) is 48.5 Å². The van der Waals surface area contributed by atoms with E-state index in [1.54, 1.807) is 24.3 Å². The topological polar surface area (TPSA) is 93.4 Å². The van der Waals surface area contributed by atoms with Crippen molar-refractivity contribution in [3.63, 3.8) is 0 Å². The molecule has 0 saturated heterocycles. The van der Waals surface area contributed by atoms with Crippen molar-refractivity contribution < 1.29 is 9.59 Å². The number of ketones is 2. The lowest BCUT2D eigenvalue weighted by atomic mass is 9.84. The first-order valence-corrected chi connectivity index (χ1v) is 26.8. The van der Waals surface area contributed by atoms with Crippen molar-refractivity contribution in [2.24, 2.45) is 0 Å². The van der Waals surface area contributed by atoms with Crippen molar-refractivity contribution in [1.82, 2.24) is 18.7 Å². The first-order chi connectivity index (χ1) is 39.1. The van der Waals surface area contributed by atoms with Gasteiger partial charge in [0.25, 0.3) is 11.7 Å². The first kappa shape index (κ1) is 47.0. The first-order valence-electron chi connectivity index (χ1n) is 26.1. The normalized spacial score (nSPS) is 11.8. The van der Waals surface area contributed by atoms with Gasteiger partial charge in [-0.2, -0.15) is 8.75 Å². The third-order valence-electron chi connectivity index (χ3n) is 14.7. The van der Waals surface area contributed by atoms with Gasteiger partial charge in [0, 0.05) is 78.2 Å². The van der Waals surface area contributed by atoms with E-state index in [-0.39, 0.29) is 0 Å². The number of fused-ring (bicyclic) bond motifs is 11. The number of hydrogen-bond acceptors (Lipinski definition) is 7. The summed E-state index contributed by atoms with van der Waals surface area (Å²) in [6, 6.07) is 90.9. The zero-order valence-corrected chi connectivity index (χ0v) is 43.1. The Balaban J connectivity index is 0.000000301. The molecular formula is C70H44N6O2S. The monoisotopic (exact) mass is 1030 g/mol. The maximum atomic E-state index is 11.8. The smallest absolute Gasteiger partial charge is 0.279 e. The number of hydrogen-bond donors (Lipinski definition) is 0. The van der Waals surface area contributed by atoms with Gasteiger partial charge in [-0.15, -0.1) is 0 Å². The Kier molecular flexibility index (Phi) is 11.8. The van der Waals surface area contributed by atoms with Crippen molar-refractivity contribution in [2.45, 2.75) is 0 Å². The molecule has 8 nitrogen and oxygen atoms in total. The number of carbonyl (C=O) groups excluding carboxylic acids is 2. The van der Waals surface area contributed by atoms with E-state index in [0.29, 0.717) is 11.1 Å². The van der Waals surface area contributed by atoms with Gasteiger partial charge in [0.1, 0.15) is 0 Å². The van der Waals surface area contributed by atoms with E-state index >= 15 is 0 Å². The van der Waals surface area contributed by atoms with Gasteiger partial charge in [0.05, 0.1) is 22.1 Å². The average Bonchev–Trinajstić information content (AvgIpc) is 4.24. The van der Waals surface area contributed by atoms with Crippen LogP contribution in [0.1, 0.15) is 20.7 Å². The molecule has 2 heterocycles. The second kappa shape index (κ2) is 19.9. The van der Waals surface area contributed by atoms with Crippen molar-refractivity contribution in [3.8, 4) is 33.4 Å². The van der Waals surface area contributed by atoms with Gasteiger partial charge in [-0.25, -0.2) is 9.97 Å². The van der Waals surface area contributed by atoms with Crippen LogP contribution in [0.2, 0.25) is 0 Å². The predicted molar refractivity (Wildman–Crippen MR) is 324 cm³/mol. The molecule has 2 aromatic heterocycles. The lowest BCUT2D eigenvalue weighted by Gasteiger charge is -2.26. The second-order valence-corrected chi connectivity index (χ2v) is 19.8. The minimum absolute atomic E-state index is 0.408. The van der Waals surface area contributed by atoms with Crippen LogP contribution in [0.15, 0.2) is 267 Å². The van der Waals surface area contributed by atoms with Crippen molar-refractivity contribution in [2.75, 3.05) is 9.80 Å². The Labute approximate surface area is 459 Å². The van der Waals surface area contributed by atoms with Gasteiger partial charge in [-0.05, 0) is 106 Å². The third-order valence-corrected chi connectivity index (χ3v) is 15.2. The molecule has 0 fully saturated rings. The molecule has 0 aliphatic heterocycles. The van der Waals surface area contributed by atoms with Crippen molar-refractivity contribution in [1.29, 1.82) is 0 Å². The summed E-state index contributed by atoms with van der Waals surface area (Å²) in [7, 11) is 0. The van der Waals surface area contributed by atoms with E-state index in [0.717, 1.165) is 122 Å². The summed E-state index contributed by atoms with van der Waals surface area (Å²) in [5.41, 5.74) is 17.8. The molecule has 0 N–H and O–H groups in total. The molecule has 0 radical (unpaired) electrons. The zero-order chi connectivity index (χ0) is 52.8. The largest absolute Gasteiger partial charge is 0.311 e. The standard InChI is InChI=1S/C56H36N6S.C14H8O2/c1-5-17-39(18-6-1)61(40-19-7-2-8-20-40)43-33-29-37(30-34-43)49-53-54(58-52-48-28-16-14-26-46(48)45-25-13-15-27-47(45)51(52)57-53)50(56-55(49)59-63-60-56)38-31-35-44(36-32-38)62(41-21-9-3-10-22-41)42-23-11-4-12-24-42;15-13-11-7-3-1-5-9(11)10-6-2-4-8-12(10)14(13)16/h1-36H;1-8H. The van der Waals surface area contributed by atoms with Gasteiger partial charge >= 0.3 is 0 Å². The second-order valence-electron chi connectivity index (χ2n) is 19.3. The van der Waals surface area contributed by atoms with Crippen LogP contribution in [-0.4, -0.2) is 25.9 Å². The Hall–Kier alpha value is -10.5. The number of Topliss-reactive ketones (excluding diaryl/α,β-unsaturated/α-hetero) is 2. The fourth-order valence-corrected chi connectivity index (χ4v) is 11.7. The van der Waals surface area contributed by atoms with Crippen LogP contribution < -0.4 is 14.2 Å². The maximum Gasteiger partial charge on any atom is 0.279 e. The summed E-state index contributed by atoms with van der Waals surface area (Å²) in [5.74, 6) is -0.816. The molecule has 79 heavy (non-hydrogen) atoms. The summed E-state index contributed by atoms with van der Waals surface area (Å²) in [6.07, 6.45) is 0. The highest BCUT2D eigenvalue weighted by atomic mass is 32.1. The Morgan fingerprint density at radius 2 is 0.608 bits per heavy atom. The van der Waals surface area contributed by atoms with E-state index < -0.39 is 11.6 Å². The SMILES string of the molecule is O=C1C(=O)c2ccccc2-c2ccccc21.c1ccc(N(c2ccccc2)c2ccc(-c3c4nc5c6ccccc6c6ccccc6c5nc4c(-c4ccc(N(c5ccccc5)c5ccccc5)cc4)c4[n-][s+]nc34)cc2)cc1. The van der Waals surface area contributed by atoms with Crippen LogP contribution in [0.4, 0.5) is 34.1 Å². The molecule has 372 valence electrons. The van der Waals surface area contributed by atoms with Gasteiger partial charge in [-0.3, -0.25) is 9.59 Å². The fourth-order valence-electron chi connectivity index (χ4n) is 11.1. The molecule has 14 aromatic rings. The summed E-state index contributed by atoms with van der Waals surface area (Å²) in [6.45, 7) is 0. The number of rotatable bonds is 8. The number of aromatic nitrogens is 4. The van der Waals surface area contributed by atoms with E-state index in [4.69, 9.17) is 18.7 Å². The zero-order valence-electron chi connectivity index (χ0n) is 42.3. The van der Waals surface area contributed by atoms with Crippen LogP contribution in [0.5, 0.6) is 0 Å². The molecule has 15 rings (SSSR count). The Bertz CT molecular complexity index is 4260. The summed E-state index contributed by atoms with van der Waals surface area (Å²) < 4.78 is 10.1. The molecule has 0 atom stereocenters. The molecule has 0 saturated carbocycles. The molecule has 0 amide bonds. The minimum atomic E-state index is -0.408. The number of carbonyl (C=O) groups is 2. The van der Waals surface area contributed by atoms with E-state index in [1.165, 1.54) is 11.7 Å². The van der Waals surface area contributed by atoms with Gasteiger partial charge in [0.2, 0.25) is 11.6 Å². The number of para-hydroxylation sites is 4. The highest BCUT2D eigenvalue weighted by Crippen LogP contribution is 2.46. The van der Waals surface area contributed by atoms with Crippen LogP contribution in [0.3, 0.4) is 0 Å². The van der Waals surface area contributed by atoms with Crippen LogP contribution in [-0.2, 0) is 0 Å². The Morgan fingerprint density at radius 3 is 1.01 bits per heavy atom. The third kappa shape index (κ3) is 8.24. The minimum Gasteiger partial charge on any atom is -0.311 e. The maximum absolute atomic E-state index is 11.8. The average molecular weight is 1030 g/mol. The highest BCUT2D eigenvalue weighted by Gasteiger charge is 2.30. The van der Waals surface area contributed by atoms with E-state index in [9.17, 15) is 9.59 Å². The molecule has 0 bridgehead atoms. The van der Waals surface area contributed by atoms with Gasteiger partial charge < -0.3 is 9.80 Å². The molecule has 0 spiro atoms. The van der Waals surface area contributed by atoms with Gasteiger partial charge in [-0.1, -0.05) is 194 Å². The quantitative estimate of drug-likeness (QED) is 0.0643. The van der Waals surface area contributed by atoms with Crippen LogP contribution in [0, 0.1) is 0 Å². The number of nitrogens with zero attached hydrogens (tertiary/aromatic N) is 6. The van der Waals surface area contributed by atoms with Crippen molar-refractivity contribution in [3.05, 3.63) is 278 Å². The molecular weight excluding hydrogens is 989 g/mol. The lowest BCUT2D eigenvalue weighted by Crippen LogP contribution is -2.20. The molecule has 1 aliphatic rings. The molecule has 12 aromatic carbocycles. The number of benzene rings is 12. The Morgan fingerprint density at radius 1 is 0.291 bits per heavy atom. The summed E-state index contributed by atoms with van der Waals surface area (Å²) >= 11 is 1.22. The molecule has 9 heteroatoms. The molecule has 1 aliphatic carbocycles. The lowest BCUT2D eigenvalue weighted by molar-refractivity contribution is 0.0815. The number of anilines is 6. The van der Waals surface area contributed by atoms with Crippen LogP contribution in [0.25, 0.3) is 88.0 Å². The summed E-state index contributed by atoms with van der Waals surface area (Å²) in [5, 5.41) is 4.42.